The van der Waals surface area contributed by atoms with Gasteiger partial charge in [-0.05, 0) is 30.5 Å². The van der Waals surface area contributed by atoms with E-state index in [1.165, 1.54) is 31.0 Å². The number of hydrogen-bond donors (Lipinski definition) is 3. The quantitative estimate of drug-likeness (QED) is 0.728. The van der Waals surface area contributed by atoms with Crippen molar-refractivity contribution < 1.29 is 9.90 Å². The Bertz CT molecular complexity index is 864. The van der Waals surface area contributed by atoms with E-state index in [1.807, 2.05) is 16.8 Å². The molecule has 7 heteroatoms. The number of rotatable bonds is 2. The molecule has 1 atom stereocenters. The van der Waals surface area contributed by atoms with Crippen LogP contribution in [0.1, 0.15) is 67.4 Å². The van der Waals surface area contributed by atoms with Gasteiger partial charge in [0.25, 0.3) is 5.56 Å². The van der Waals surface area contributed by atoms with Gasteiger partial charge < -0.3 is 10.4 Å². The predicted molar refractivity (Wildman–Crippen MR) is 107 cm³/mol. The van der Waals surface area contributed by atoms with Gasteiger partial charge in [-0.25, -0.2) is 0 Å². The molecule has 2 aromatic rings. The number of fused-ring (bicyclic) bond motifs is 1. The molecule has 1 aliphatic carbocycles. The van der Waals surface area contributed by atoms with Crippen LogP contribution in [0.3, 0.4) is 0 Å². The van der Waals surface area contributed by atoms with Crippen molar-refractivity contribution in [2.45, 2.75) is 56.2 Å². The number of H-pyrrole nitrogens is 1. The van der Waals surface area contributed by atoms with E-state index in [0.717, 1.165) is 31.2 Å². The fourth-order valence-electron chi connectivity index (χ4n) is 4.12. The minimum atomic E-state index is -0.238. The van der Waals surface area contributed by atoms with Crippen LogP contribution >= 0.6 is 11.8 Å². The second kappa shape index (κ2) is 7.84. The molecule has 0 radical (unpaired) electrons. The van der Waals surface area contributed by atoms with Crippen LogP contribution in [0.2, 0.25) is 0 Å². The normalized spacial score (nSPS) is 21.6. The molecule has 1 saturated carbocycles. The van der Waals surface area contributed by atoms with Crippen LogP contribution in [0.5, 0.6) is 5.75 Å². The number of amides is 1. The number of aromatic nitrogens is 2. The molecule has 2 aliphatic rings. The average molecular weight is 388 g/mol. The summed E-state index contributed by atoms with van der Waals surface area (Å²) in [5.74, 6) is 1.03. The van der Waals surface area contributed by atoms with Crippen LogP contribution in [0.15, 0.2) is 29.1 Å². The lowest BCUT2D eigenvalue weighted by Crippen LogP contribution is -2.20. The molecule has 3 N–H and O–H groups in total. The second-order valence-corrected chi connectivity index (χ2v) is 8.50. The molecule has 1 fully saturated rings. The Balaban J connectivity index is 1.76. The minimum Gasteiger partial charge on any atom is -0.508 e. The number of thioether (sulfide) groups is 1. The molecule has 0 unspecified atom stereocenters. The first-order valence-electron chi connectivity index (χ1n) is 9.68. The molecule has 27 heavy (non-hydrogen) atoms. The highest BCUT2D eigenvalue weighted by molar-refractivity contribution is 8.00. The van der Waals surface area contributed by atoms with Crippen molar-refractivity contribution >= 4 is 23.5 Å². The summed E-state index contributed by atoms with van der Waals surface area (Å²) >= 11 is 1.45. The van der Waals surface area contributed by atoms with Crippen molar-refractivity contribution in [1.82, 2.24) is 9.78 Å². The number of hydrogen-bond acceptors (Lipinski definition) is 4. The summed E-state index contributed by atoms with van der Waals surface area (Å²) in [5, 5.41) is 15.3. The minimum absolute atomic E-state index is 0.0823. The van der Waals surface area contributed by atoms with Crippen molar-refractivity contribution in [1.29, 1.82) is 0 Å². The fraction of sp³-hybridized carbons (Fsp3) is 0.500. The van der Waals surface area contributed by atoms with Gasteiger partial charge in [-0.15, -0.1) is 11.8 Å². The maximum absolute atomic E-state index is 12.9. The lowest BCUT2D eigenvalue weighted by molar-refractivity contribution is -0.113. The molecule has 144 valence electrons. The summed E-state index contributed by atoms with van der Waals surface area (Å²) in [6, 6.07) is 7.09. The number of anilines is 1. The Hall–Kier alpha value is -2.15. The zero-order valence-electron chi connectivity index (χ0n) is 15.2. The number of benzene rings is 1. The van der Waals surface area contributed by atoms with Gasteiger partial charge in [0.05, 0.1) is 22.6 Å². The summed E-state index contributed by atoms with van der Waals surface area (Å²) < 4.78 is 1.92. The summed E-state index contributed by atoms with van der Waals surface area (Å²) in [7, 11) is 0. The predicted octanol–water partition coefficient (Wildman–Crippen LogP) is 3.94. The van der Waals surface area contributed by atoms with Crippen molar-refractivity contribution in [3.8, 4) is 5.75 Å². The molecule has 1 aliphatic heterocycles. The topological polar surface area (TPSA) is 87.1 Å². The average Bonchev–Trinajstić information content (AvgIpc) is 2.82. The van der Waals surface area contributed by atoms with Gasteiger partial charge in [0.15, 0.2) is 0 Å². The van der Waals surface area contributed by atoms with Crippen LogP contribution < -0.4 is 10.9 Å². The highest BCUT2D eigenvalue weighted by Gasteiger charge is 2.32. The molecular weight excluding hydrogens is 362 g/mol. The van der Waals surface area contributed by atoms with Crippen LogP contribution in [-0.2, 0) is 4.79 Å². The number of aromatic amines is 1. The number of phenols is 1. The van der Waals surface area contributed by atoms with Crippen molar-refractivity contribution in [3.63, 3.8) is 0 Å². The molecule has 0 saturated heterocycles. The zero-order chi connectivity index (χ0) is 18.8. The second-order valence-electron chi connectivity index (χ2n) is 7.40. The van der Waals surface area contributed by atoms with Gasteiger partial charge in [0, 0.05) is 0 Å². The lowest BCUT2D eigenvalue weighted by Gasteiger charge is -2.23. The molecular formula is C20H25N3O3S. The van der Waals surface area contributed by atoms with E-state index in [1.54, 1.807) is 12.1 Å². The standard InChI is InChI=1S/C20H25N3O3S/c24-15-10-8-13(9-11-15)18-17-19(21-16(25)12-27-18)23(22-20(17)26)14-6-4-2-1-3-5-7-14/h8-11,14,18,24H,1-7,12H2,(H,21,25)(H,22,26)/t18-/m0/s1. The van der Waals surface area contributed by atoms with E-state index < -0.39 is 0 Å². The van der Waals surface area contributed by atoms with Crippen LogP contribution in [0.25, 0.3) is 0 Å². The Labute approximate surface area is 162 Å². The smallest absolute Gasteiger partial charge is 0.270 e. The maximum atomic E-state index is 12.9. The van der Waals surface area contributed by atoms with Gasteiger partial charge in [0.1, 0.15) is 11.6 Å². The summed E-state index contributed by atoms with van der Waals surface area (Å²) in [4.78, 5) is 25.2. The first-order valence-corrected chi connectivity index (χ1v) is 10.7. The van der Waals surface area contributed by atoms with Gasteiger partial charge in [0.2, 0.25) is 5.91 Å². The monoisotopic (exact) mass is 387 g/mol. The molecule has 0 spiro atoms. The van der Waals surface area contributed by atoms with E-state index in [9.17, 15) is 14.7 Å². The van der Waals surface area contributed by atoms with Gasteiger partial charge in [-0.2, -0.15) is 0 Å². The van der Waals surface area contributed by atoms with Crippen LogP contribution in [0, 0.1) is 0 Å². The van der Waals surface area contributed by atoms with E-state index in [2.05, 4.69) is 10.4 Å². The first-order chi connectivity index (χ1) is 13.1. The fourth-order valence-corrected chi connectivity index (χ4v) is 5.25. The van der Waals surface area contributed by atoms with E-state index in [0.29, 0.717) is 17.1 Å². The zero-order valence-corrected chi connectivity index (χ0v) is 16.1. The highest BCUT2D eigenvalue weighted by Crippen LogP contribution is 2.41. The first kappa shape index (κ1) is 18.2. The molecule has 1 aromatic carbocycles. The molecule has 0 bridgehead atoms. The lowest BCUT2D eigenvalue weighted by atomic mass is 9.96. The van der Waals surface area contributed by atoms with Crippen molar-refractivity contribution in [2.24, 2.45) is 0 Å². The molecule has 2 heterocycles. The molecule has 6 nitrogen and oxygen atoms in total. The number of aromatic hydroxyl groups is 1. The van der Waals surface area contributed by atoms with Crippen LogP contribution in [-0.4, -0.2) is 26.5 Å². The Morgan fingerprint density at radius 2 is 1.67 bits per heavy atom. The van der Waals surface area contributed by atoms with Crippen molar-refractivity contribution in [2.75, 3.05) is 11.1 Å². The number of carbonyl (C=O) groups excluding carboxylic acids is 1. The SMILES string of the molecule is O=C1CS[C@@H](c2ccc(O)cc2)c2c(n(C3CCCCCCC3)[nH]c2=O)N1. The molecule has 4 rings (SSSR count). The van der Waals surface area contributed by atoms with Gasteiger partial charge in [-0.1, -0.05) is 44.2 Å². The molecule has 1 aromatic heterocycles. The Kier molecular flexibility index (Phi) is 5.29. The largest absolute Gasteiger partial charge is 0.508 e. The number of carbonyl (C=O) groups is 1. The maximum Gasteiger partial charge on any atom is 0.270 e. The summed E-state index contributed by atoms with van der Waals surface area (Å²) in [6.45, 7) is 0. The third kappa shape index (κ3) is 3.78. The number of phenolic OH excluding ortho intramolecular Hbond substituents is 1. The Morgan fingerprint density at radius 3 is 2.37 bits per heavy atom. The van der Waals surface area contributed by atoms with E-state index in [4.69, 9.17) is 0 Å². The van der Waals surface area contributed by atoms with Gasteiger partial charge in [-0.3, -0.25) is 19.4 Å². The summed E-state index contributed by atoms with van der Waals surface area (Å²) in [6.07, 6.45) is 8.05. The third-order valence-corrected chi connectivity index (χ3v) is 6.77. The van der Waals surface area contributed by atoms with Crippen LogP contribution in [0.4, 0.5) is 5.82 Å². The molecule has 1 amide bonds. The van der Waals surface area contributed by atoms with Crippen molar-refractivity contribution in [3.05, 3.63) is 45.7 Å². The number of nitrogens with zero attached hydrogens (tertiary/aromatic N) is 1. The Morgan fingerprint density at radius 1 is 1.00 bits per heavy atom. The van der Waals surface area contributed by atoms with E-state index in [-0.39, 0.29) is 28.5 Å². The third-order valence-electron chi connectivity index (χ3n) is 5.50. The van der Waals surface area contributed by atoms with E-state index >= 15 is 0 Å². The van der Waals surface area contributed by atoms with Gasteiger partial charge >= 0.3 is 0 Å². The number of nitrogens with one attached hydrogen (secondary N) is 2. The highest BCUT2D eigenvalue weighted by atomic mass is 32.2. The summed E-state index contributed by atoms with van der Waals surface area (Å²) in [5.41, 5.74) is 1.38.